The second kappa shape index (κ2) is 6.30. The van der Waals surface area contributed by atoms with Gasteiger partial charge in [0.15, 0.2) is 8.32 Å². The topological polar surface area (TPSA) is 43.4 Å². The first kappa shape index (κ1) is 19.3. The molecular formula is C21H36O3Si. The first-order valence-electron chi connectivity index (χ1n) is 10.2. The minimum Gasteiger partial charge on any atom is -0.413 e. The third-order valence-electron chi connectivity index (χ3n) is 7.80. The van der Waals surface area contributed by atoms with Crippen LogP contribution in [0.15, 0.2) is 0 Å². The van der Waals surface area contributed by atoms with Crippen LogP contribution in [0.1, 0.15) is 72.6 Å². The number of carbonyl (C=O) groups is 2. The molecule has 3 saturated carbocycles. The minimum atomic E-state index is -1.96. The van der Waals surface area contributed by atoms with E-state index >= 15 is 0 Å². The lowest BCUT2D eigenvalue weighted by molar-refractivity contribution is -0.137. The van der Waals surface area contributed by atoms with Gasteiger partial charge in [-0.15, -0.1) is 0 Å². The predicted molar refractivity (Wildman–Crippen MR) is 103 cm³/mol. The van der Waals surface area contributed by atoms with Crippen LogP contribution in [0, 0.1) is 23.2 Å². The summed E-state index contributed by atoms with van der Waals surface area (Å²) in [5.41, 5.74) is -0.221. The maximum Gasteiger partial charge on any atom is 0.192 e. The Morgan fingerprint density at radius 3 is 2.44 bits per heavy atom. The highest BCUT2D eigenvalue weighted by Gasteiger charge is 2.62. The fraction of sp³-hybridized carbons (Fsp3) is 0.905. The number of fused-ring (bicyclic) bond motifs is 1. The Balaban J connectivity index is 2.07. The van der Waals surface area contributed by atoms with Gasteiger partial charge in [0.1, 0.15) is 11.6 Å². The third-order valence-corrected chi connectivity index (χ3v) is 12.3. The minimum absolute atomic E-state index is 0.0105. The Hall–Kier alpha value is -0.483. The highest BCUT2D eigenvalue weighted by molar-refractivity contribution is 6.74. The van der Waals surface area contributed by atoms with Crippen LogP contribution in [0.5, 0.6) is 0 Å². The van der Waals surface area contributed by atoms with Gasteiger partial charge in [0.25, 0.3) is 0 Å². The number of Topliss-reactive ketones (excluding diaryl/α,β-unsaturated/α-hetero) is 2. The van der Waals surface area contributed by atoms with Crippen LogP contribution in [0.2, 0.25) is 18.1 Å². The van der Waals surface area contributed by atoms with E-state index in [2.05, 4.69) is 33.9 Å². The molecule has 3 rings (SSSR count). The van der Waals surface area contributed by atoms with Crippen molar-refractivity contribution in [1.29, 1.82) is 0 Å². The maximum absolute atomic E-state index is 13.0. The molecule has 3 aliphatic carbocycles. The van der Waals surface area contributed by atoms with Crippen LogP contribution in [0.25, 0.3) is 0 Å². The van der Waals surface area contributed by atoms with Gasteiger partial charge in [-0.1, -0.05) is 40.5 Å². The highest BCUT2D eigenvalue weighted by atomic mass is 28.4. The average Bonchev–Trinajstić information content (AvgIpc) is 2.59. The van der Waals surface area contributed by atoms with E-state index in [0.29, 0.717) is 12.3 Å². The van der Waals surface area contributed by atoms with E-state index in [-0.39, 0.29) is 40.0 Å². The number of carbonyl (C=O) groups excluding carboxylic acids is 2. The van der Waals surface area contributed by atoms with E-state index in [4.69, 9.17) is 4.43 Å². The highest BCUT2D eigenvalue weighted by Crippen LogP contribution is 2.59. The molecule has 5 atom stereocenters. The predicted octanol–water partition coefficient (Wildman–Crippen LogP) is 5.14. The van der Waals surface area contributed by atoms with Crippen molar-refractivity contribution in [2.45, 2.75) is 96.9 Å². The fourth-order valence-corrected chi connectivity index (χ4v) is 6.88. The number of rotatable bonds is 2. The van der Waals surface area contributed by atoms with Gasteiger partial charge in [-0.2, -0.15) is 0 Å². The number of hydrogen-bond donors (Lipinski definition) is 0. The van der Waals surface area contributed by atoms with Gasteiger partial charge in [0.05, 0.1) is 12.0 Å². The lowest BCUT2D eigenvalue weighted by Crippen LogP contribution is -2.53. The van der Waals surface area contributed by atoms with E-state index in [1.807, 2.05) is 6.92 Å². The SMILES string of the molecule is C[C@@H]1CC23CCCCC(CCC(=O)C2C1=O)C3O[Si](C)(C)C(C)(C)C. The quantitative estimate of drug-likeness (QED) is 0.503. The van der Waals surface area contributed by atoms with Gasteiger partial charge in [-0.05, 0) is 49.7 Å². The summed E-state index contributed by atoms with van der Waals surface area (Å²) in [6, 6.07) is 0. The van der Waals surface area contributed by atoms with Crippen molar-refractivity contribution in [2.75, 3.05) is 0 Å². The molecule has 0 N–H and O–H groups in total. The molecule has 3 fully saturated rings. The van der Waals surface area contributed by atoms with Crippen LogP contribution in [-0.4, -0.2) is 26.0 Å². The van der Waals surface area contributed by atoms with Crippen molar-refractivity contribution >= 4 is 19.9 Å². The summed E-state index contributed by atoms with van der Waals surface area (Å²) < 4.78 is 7.05. The molecule has 0 aromatic heterocycles. The summed E-state index contributed by atoms with van der Waals surface area (Å²) in [5, 5.41) is 0.146. The van der Waals surface area contributed by atoms with Gasteiger partial charge in [-0.25, -0.2) is 0 Å². The summed E-state index contributed by atoms with van der Waals surface area (Å²) in [6.45, 7) is 13.5. The molecule has 25 heavy (non-hydrogen) atoms. The largest absolute Gasteiger partial charge is 0.413 e. The molecule has 2 bridgehead atoms. The molecule has 0 aromatic rings. The standard InChI is InChI=1S/C21H36O3Si/c1-14-13-21-12-8-7-9-15(10-11-16(22)17(21)18(14)23)19(21)24-25(5,6)20(2,3)4/h14-15,17,19H,7-13H2,1-6H3/t14-,15?,17?,19?,21?/m1/s1. The van der Waals surface area contributed by atoms with Crippen LogP contribution < -0.4 is 0 Å². The van der Waals surface area contributed by atoms with Gasteiger partial charge in [0.2, 0.25) is 0 Å². The van der Waals surface area contributed by atoms with E-state index < -0.39 is 8.32 Å². The molecule has 3 aliphatic rings. The first-order valence-corrected chi connectivity index (χ1v) is 13.1. The molecule has 0 radical (unpaired) electrons. The van der Waals surface area contributed by atoms with E-state index in [9.17, 15) is 9.59 Å². The molecule has 0 amide bonds. The maximum atomic E-state index is 13.0. The summed E-state index contributed by atoms with van der Waals surface area (Å²) in [4.78, 5) is 25.9. The Morgan fingerprint density at radius 1 is 1.12 bits per heavy atom. The molecule has 3 nitrogen and oxygen atoms in total. The van der Waals surface area contributed by atoms with Crippen molar-refractivity contribution in [3.63, 3.8) is 0 Å². The third kappa shape index (κ3) is 3.07. The van der Waals surface area contributed by atoms with E-state index in [1.165, 1.54) is 6.42 Å². The van der Waals surface area contributed by atoms with Crippen molar-refractivity contribution in [3.05, 3.63) is 0 Å². The lowest BCUT2D eigenvalue weighted by Gasteiger charge is -2.48. The molecule has 1 spiro atoms. The monoisotopic (exact) mass is 364 g/mol. The summed E-state index contributed by atoms with van der Waals surface area (Å²) >= 11 is 0. The molecule has 4 unspecified atom stereocenters. The molecule has 0 aliphatic heterocycles. The Kier molecular flexibility index (Phi) is 4.86. The summed E-state index contributed by atoms with van der Waals surface area (Å²) in [6.07, 6.45) is 6.95. The van der Waals surface area contributed by atoms with Gasteiger partial charge in [-0.3, -0.25) is 9.59 Å². The van der Waals surface area contributed by atoms with E-state index in [1.54, 1.807) is 0 Å². The Labute approximate surface area is 154 Å². The molecular weight excluding hydrogens is 328 g/mol. The summed E-state index contributed by atoms with van der Waals surface area (Å²) in [5.74, 6) is 0.485. The zero-order valence-corrected chi connectivity index (χ0v) is 18.0. The van der Waals surface area contributed by atoms with Crippen molar-refractivity contribution < 1.29 is 14.0 Å². The van der Waals surface area contributed by atoms with Gasteiger partial charge in [0, 0.05) is 17.8 Å². The second-order valence-electron chi connectivity index (χ2n) is 10.5. The molecule has 0 aromatic carbocycles. The van der Waals surface area contributed by atoms with Crippen molar-refractivity contribution in [2.24, 2.45) is 23.2 Å². The molecule has 4 heteroatoms. The smallest absolute Gasteiger partial charge is 0.192 e. The average molecular weight is 365 g/mol. The van der Waals surface area contributed by atoms with Crippen LogP contribution in [0.3, 0.4) is 0 Å². The van der Waals surface area contributed by atoms with Crippen molar-refractivity contribution in [3.8, 4) is 0 Å². The lowest BCUT2D eigenvalue weighted by atomic mass is 9.68. The Bertz CT molecular complexity index is 562. The van der Waals surface area contributed by atoms with Gasteiger partial charge >= 0.3 is 0 Å². The fourth-order valence-electron chi connectivity index (χ4n) is 5.46. The van der Waals surface area contributed by atoms with Crippen LogP contribution in [0.4, 0.5) is 0 Å². The molecule has 0 heterocycles. The second-order valence-corrected chi connectivity index (χ2v) is 15.2. The van der Waals surface area contributed by atoms with Gasteiger partial charge < -0.3 is 4.43 Å². The van der Waals surface area contributed by atoms with Crippen LogP contribution in [-0.2, 0) is 14.0 Å². The van der Waals surface area contributed by atoms with Crippen molar-refractivity contribution in [1.82, 2.24) is 0 Å². The van der Waals surface area contributed by atoms with Crippen LogP contribution >= 0.6 is 0 Å². The normalized spacial score (nSPS) is 39.8. The Morgan fingerprint density at radius 2 is 1.80 bits per heavy atom. The first-order chi connectivity index (χ1) is 11.5. The zero-order chi connectivity index (χ0) is 18.6. The molecule has 142 valence electrons. The summed E-state index contributed by atoms with van der Waals surface area (Å²) in [7, 11) is -1.96. The number of ketones is 2. The zero-order valence-electron chi connectivity index (χ0n) is 17.0. The van der Waals surface area contributed by atoms with E-state index in [0.717, 1.165) is 32.1 Å². The number of hydrogen-bond acceptors (Lipinski definition) is 3. The molecule has 0 saturated heterocycles.